The summed E-state index contributed by atoms with van der Waals surface area (Å²) >= 11 is 1.41. The maximum Gasteiger partial charge on any atom is 0.252 e. The smallest absolute Gasteiger partial charge is 0.252 e. The van der Waals surface area contributed by atoms with Crippen molar-refractivity contribution in [2.24, 2.45) is 23.2 Å². The summed E-state index contributed by atoms with van der Waals surface area (Å²) in [6, 6.07) is 7.80. The minimum atomic E-state index is -0.0470. The predicted octanol–water partition coefficient (Wildman–Crippen LogP) is 3.88. The van der Waals surface area contributed by atoms with Gasteiger partial charge in [0.2, 0.25) is 5.91 Å². The second kappa shape index (κ2) is 9.31. The van der Waals surface area contributed by atoms with Crippen molar-refractivity contribution >= 4 is 23.6 Å². The highest BCUT2D eigenvalue weighted by Gasteiger charge is 2.53. The van der Waals surface area contributed by atoms with E-state index in [9.17, 15) is 9.59 Å². The molecule has 1 aromatic carbocycles. The average molecular weight is 431 g/mol. The lowest BCUT2D eigenvalue weighted by atomic mass is 9.48. The van der Waals surface area contributed by atoms with Crippen molar-refractivity contribution in [3.63, 3.8) is 0 Å². The van der Waals surface area contributed by atoms with Crippen LogP contribution in [-0.2, 0) is 9.53 Å². The Morgan fingerprint density at radius 3 is 2.40 bits per heavy atom. The highest BCUT2D eigenvalue weighted by molar-refractivity contribution is 8.00. The molecule has 4 aliphatic carbocycles. The molecule has 0 saturated heterocycles. The summed E-state index contributed by atoms with van der Waals surface area (Å²) < 4.78 is 4.96. The molecule has 1 atom stereocenters. The summed E-state index contributed by atoms with van der Waals surface area (Å²) in [5.74, 6) is 2.84. The van der Waals surface area contributed by atoms with Crippen LogP contribution in [0.4, 0.5) is 0 Å². The van der Waals surface area contributed by atoms with Crippen LogP contribution in [0.25, 0.3) is 0 Å². The molecule has 0 radical (unpaired) electrons. The van der Waals surface area contributed by atoms with E-state index in [1.165, 1.54) is 50.3 Å². The lowest BCUT2D eigenvalue weighted by Gasteiger charge is -2.59. The van der Waals surface area contributed by atoms with E-state index in [-0.39, 0.29) is 23.3 Å². The fourth-order valence-corrected chi connectivity index (χ4v) is 7.28. The van der Waals surface area contributed by atoms with Crippen molar-refractivity contribution in [2.75, 3.05) is 26.0 Å². The van der Waals surface area contributed by atoms with E-state index in [1.807, 2.05) is 24.3 Å². The molecule has 0 aromatic heterocycles. The molecule has 30 heavy (non-hydrogen) atoms. The lowest BCUT2D eigenvalue weighted by Crippen LogP contribution is -2.55. The number of hydrogen-bond acceptors (Lipinski definition) is 4. The van der Waals surface area contributed by atoms with Gasteiger partial charge in [-0.3, -0.25) is 9.59 Å². The Morgan fingerprint density at radius 2 is 1.77 bits per heavy atom. The number of carbonyl (C=O) groups excluding carboxylic acids is 2. The monoisotopic (exact) mass is 430 g/mol. The first-order chi connectivity index (χ1) is 14.5. The van der Waals surface area contributed by atoms with Crippen molar-refractivity contribution < 1.29 is 14.3 Å². The molecule has 4 fully saturated rings. The maximum absolute atomic E-state index is 13.2. The minimum Gasteiger partial charge on any atom is -0.383 e. The molecule has 1 unspecified atom stereocenters. The van der Waals surface area contributed by atoms with Gasteiger partial charge in [0, 0.05) is 24.6 Å². The number of methoxy groups -OCH3 is 1. The Hall–Kier alpha value is -1.53. The Morgan fingerprint density at radius 1 is 1.13 bits per heavy atom. The fraction of sp³-hybridized carbons (Fsp3) is 0.667. The van der Waals surface area contributed by atoms with Gasteiger partial charge in [-0.25, -0.2) is 0 Å². The molecular formula is C24H34N2O3S. The fourth-order valence-electron chi connectivity index (χ4n) is 6.40. The quantitative estimate of drug-likeness (QED) is 0.461. The highest BCUT2D eigenvalue weighted by Crippen LogP contribution is 2.61. The van der Waals surface area contributed by atoms with Crippen molar-refractivity contribution in [1.82, 2.24) is 10.6 Å². The second-order valence-corrected chi connectivity index (χ2v) is 10.6. The Kier molecular flexibility index (Phi) is 6.73. The van der Waals surface area contributed by atoms with Crippen LogP contribution < -0.4 is 10.6 Å². The maximum atomic E-state index is 13.2. The molecule has 6 heteroatoms. The number of carbonyl (C=O) groups is 2. The zero-order valence-electron chi connectivity index (χ0n) is 18.1. The van der Waals surface area contributed by atoms with Gasteiger partial charge in [-0.1, -0.05) is 12.1 Å². The Bertz CT molecular complexity index is 746. The van der Waals surface area contributed by atoms with Gasteiger partial charge in [0.1, 0.15) is 0 Å². The third kappa shape index (κ3) is 4.70. The summed E-state index contributed by atoms with van der Waals surface area (Å²) in [7, 11) is 1.61. The van der Waals surface area contributed by atoms with Gasteiger partial charge in [-0.15, -0.1) is 11.8 Å². The summed E-state index contributed by atoms with van der Waals surface area (Å²) in [6.07, 6.45) is 8.05. The summed E-state index contributed by atoms with van der Waals surface area (Å²) in [5.41, 5.74) is 0.956. The molecule has 4 aliphatic rings. The van der Waals surface area contributed by atoms with Gasteiger partial charge in [0.15, 0.2) is 0 Å². The standard InChI is InChI=1S/C24H34N2O3S/c1-16(24-12-17-9-18(13-24)11-19(10-17)14-24)26-23(28)20-5-3-4-6-21(20)30-15-22(27)25-7-8-29-2/h3-6,16-19H,7-15H2,1-2H3,(H,25,27)(H,26,28). The number of thioether (sulfide) groups is 1. The molecule has 5 rings (SSSR count). The topological polar surface area (TPSA) is 67.4 Å². The molecule has 0 spiro atoms. The van der Waals surface area contributed by atoms with Gasteiger partial charge in [-0.05, 0) is 80.8 Å². The number of rotatable bonds is 9. The van der Waals surface area contributed by atoms with Crippen molar-refractivity contribution in [1.29, 1.82) is 0 Å². The highest BCUT2D eigenvalue weighted by atomic mass is 32.2. The third-order valence-corrected chi connectivity index (χ3v) is 8.54. The van der Waals surface area contributed by atoms with E-state index < -0.39 is 0 Å². The third-order valence-electron chi connectivity index (χ3n) is 7.47. The Balaban J connectivity index is 1.37. The van der Waals surface area contributed by atoms with Gasteiger partial charge in [0.25, 0.3) is 5.91 Å². The van der Waals surface area contributed by atoms with Crippen LogP contribution in [-0.4, -0.2) is 43.9 Å². The number of benzene rings is 1. The van der Waals surface area contributed by atoms with Crippen molar-refractivity contribution in [3.05, 3.63) is 29.8 Å². The van der Waals surface area contributed by atoms with E-state index in [2.05, 4.69) is 17.6 Å². The molecule has 0 aliphatic heterocycles. The Labute approximate surface area is 184 Å². The molecular weight excluding hydrogens is 396 g/mol. The van der Waals surface area contributed by atoms with Gasteiger partial charge < -0.3 is 15.4 Å². The minimum absolute atomic E-state index is 0.0128. The molecule has 2 N–H and O–H groups in total. The van der Waals surface area contributed by atoms with Gasteiger partial charge >= 0.3 is 0 Å². The molecule has 4 saturated carbocycles. The van der Waals surface area contributed by atoms with E-state index in [4.69, 9.17) is 4.74 Å². The molecule has 1 aromatic rings. The van der Waals surface area contributed by atoms with E-state index in [1.54, 1.807) is 7.11 Å². The molecule has 4 bridgehead atoms. The zero-order chi connectivity index (χ0) is 21.1. The summed E-state index contributed by atoms with van der Waals surface area (Å²) in [4.78, 5) is 26.1. The van der Waals surface area contributed by atoms with E-state index in [0.29, 0.717) is 24.5 Å². The summed E-state index contributed by atoms with van der Waals surface area (Å²) in [6.45, 7) is 3.21. The van der Waals surface area contributed by atoms with Crippen LogP contribution in [0.15, 0.2) is 29.2 Å². The van der Waals surface area contributed by atoms with Crippen LogP contribution in [0.3, 0.4) is 0 Å². The molecule has 5 nitrogen and oxygen atoms in total. The number of hydrogen-bond donors (Lipinski definition) is 2. The van der Waals surface area contributed by atoms with Crippen molar-refractivity contribution in [3.8, 4) is 0 Å². The number of nitrogens with one attached hydrogen (secondary N) is 2. The van der Waals surface area contributed by atoms with E-state index >= 15 is 0 Å². The van der Waals surface area contributed by atoms with Gasteiger partial charge in [-0.2, -0.15) is 0 Å². The van der Waals surface area contributed by atoms with Crippen LogP contribution in [0.5, 0.6) is 0 Å². The molecule has 2 amide bonds. The largest absolute Gasteiger partial charge is 0.383 e. The molecule has 164 valence electrons. The van der Waals surface area contributed by atoms with E-state index in [0.717, 1.165) is 22.6 Å². The van der Waals surface area contributed by atoms with Crippen molar-refractivity contribution in [2.45, 2.75) is 56.4 Å². The predicted molar refractivity (Wildman–Crippen MR) is 120 cm³/mol. The summed E-state index contributed by atoms with van der Waals surface area (Å²) in [5, 5.41) is 6.18. The first-order valence-electron chi connectivity index (χ1n) is 11.3. The number of amides is 2. The van der Waals surface area contributed by atoms with Gasteiger partial charge in [0.05, 0.1) is 17.9 Å². The molecule has 0 heterocycles. The first-order valence-corrected chi connectivity index (χ1v) is 12.3. The normalized spacial score (nSPS) is 30.1. The zero-order valence-corrected chi connectivity index (χ0v) is 18.9. The number of ether oxygens (including phenoxy) is 1. The van der Waals surface area contributed by atoms with Crippen LogP contribution in [0, 0.1) is 23.2 Å². The van der Waals surface area contributed by atoms with Crippen LogP contribution in [0.1, 0.15) is 55.8 Å². The lowest BCUT2D eigenvalue weighted by molar-refractivity contribution is -0.118. The van der Waals surface area contributed by atoms with Crippen LogP contribution in [0.2, 0.25) is 0 Å². The van der Waals surface area contributed by atoms with Crippen LogP contribution >= 0.6 is 11.8 Å². The average Bonchev–Trinajstić information content (AvgIpc) is 2.71. The SMILES string of the molecule is COCCNC(=O)CSc1ccccc1C(=O)NC(C)C12CC3CC(CC(C3)C1)C2. The second-order valence-electron chi connectivity index (χ2n) is 9.60. The first kappa shape index (κ1) is 21.7.